The standard InChI is InChI=1S/C16H28O/c1-3-5-6-7-8-9-10-11-12-13-14-15-16(17)4-2/h3,5-6H,1,4,7-15H2,2H3. The van der Waals surface area contributed by atoms with Gasteiger partial charge in [-0.2, -0.15) is 0 Å². The first-order chi connectivity index (χ1) is 8.31. The van der Waals surface area contributed by atoms with E-state index in [-0.39, 0.29) is 0 Å². The fourth-order valence-corrected chi connectivity index (χ4v) is 1.84. The third kappa shape index (κ3) is 13.1. The van der Waals surface area contributed by atoms with Crippen molar-refractivity contribution in [3.8, 4) is 0 Å². The van der Waals surface area contributed by atoms with Crippen LogP contribution in [0.2, 0.25) is 0 Å². The van der Waals surface area contributed by atoms with Crippen molar-refractivity contribution in [1.29, 1.82) is 0 Å². The molecule has 0 rings (SSSR count). The molecule has 1 heteroatoms. The topological polar surface area (TPSA) is 17.1 Å². The highest BCUT2D eigenvalue weighted by atomic mass is 16.1. The van der Waals surface area contributed by atoms with Crippen LogP contribution in [0.25, 0.3) is 0 Å². The molecule has 1 nitrogen and oxygen atoms in total. The van der Waals surface area contributed by atoms with Crippen LogP contribution in [0, 0.1) is 0 Å². The molecule has 0 aromatic heterocycles. The summed E-state index contributed by atoms with van der Waals surface area (Å²) in [4.78, 5) is 11.1. The fraction of sp³-hybridized carbons (Fsp3) is 0.688. The minimum absolute atomic E-state index is 0.416. The van der Waals surface area contributed by atoms with E-state index in [2.05, 4.69) is 12.7 Å². The number of carbonyl (C=O) groups is 1. The van der Waals surface area contributed by atoms with Gasteiger partial charge in [-0.05, 0) is 19.3 Å². The van der Waals surface area contributed by atoms with Gasteiger partial charge in [-0.15, -0.1) is 0 Å². The van der Waals surface area contributed by atoms with Crippen molar-refractivity contribution in [3.05, 3.63) is 24.8 Å². The SMILES string of the molecule is C=CC=CCCCCCCCCCC(=O)CC. The minimum Gasteiger partial charge on any atom is -0.300 e. The Balaban J connectivity index is 3.06. The van der Waals surface area contributed by atoms with E-state index in [1.807, 2.05) is 19.1 Å². The average molecular weight is 236 g/mol. The second kappa shape index (κ2) is 13.2. The van der Waals surface area contributed by atoms with Crippen LogP contribution in [0.3, 0.4) is 0 Å². The molecule has 0 spiro atoms. The lowest BCUT2D eigenvalue weighted by Crippen LogP contribution is -1.94. The fourth-order valence-electron chi connectivity index (χ4n) is 1.84. The summed E-state index contributed by atoms with van der Waals surface area (Å²) in [5.41, 5.74) is 0. The zero-order chi connectivity index (χ0) is 12.8. The molecule has 0 aliphatic rings. The van der Waals surface area contributed by atoms with Crippen molar-refractivity contribution in [2.75, 3.05) is 0 Å². The van der Waals surface area contributed by atoms with E-state index in [9.17, 15) is 4.79 Å². The lowest BCUT2D eigenvalue weighted by molar-refractivity contribution is -0.118. The van der Waals surface area contributed by atoms with E-state index < -0.39 is 0 Å². The Bertz CT molecular complexity index is 216. The molecule has 0 heterocycles. The Morgan fingerprint density at radius 2 is 1.59 bits per heavy atom. The summed E-state index contributed by atoms with van der Waals surface area (Å²) in [6.45, 7) is 5.59. The highest BCUT2D eigenvalue weighted by Gasteiger charge is 1.97. The van der Waals surface area contributed by atoms with Crippen molar-refractivity contribution < 1.29 is 4.79 Å². The van der Waals surface area contributed by atoms with Gasteiger partial charge in [0.1, 0.15) is 5.78 Å². The molecule has 0 saturated carbocycles. The van der Waals surface area contributed by atoms with E-state index in [0.717, 1.165) is 12.8 Å². The molecule has 0 N–H and O–H groups in total. The van der Waals surface area contributed by atoms with Gasteiger partial charge in [0.15, 0.2) is 0 Å². The number of hydrogen-bond donors (Lipinski definition) is 0. The van der Waals surface area contributed by atoms with Gasteiger partial charge >= 0.3 is 0 Å². The minimum atomic E-state index is 0.416. The Labute approximate surface area is 107 Å². The quantitative estimate of drug-likeness (QED) is 0.335. The molecule has 0 fully saturated rings. The summed E-state index contributed by atoms with van der Waals surface area (Å²) < 4.78 is 0. The van der Waals surface area contributed by atoms with Gasteiger partial charge in [0.2, 0.25) is 0 Å². The molecule has 0 aromatic rings. The Kier molecular flexibility index (Phi) is 12.6. The second-order valence-corrected chi connectivity index (χ2v) is 4.57. The van der Waals surface area contributed by atoms with E-state index in [4.69, 9.17) is 0 Å². The maximum atomic E-state index is 11.1. The number of ketones is 1. The Hall–Kier alpha value is -0.850. The first-order valence-electron chi connectivity index (χ1n) is 7.10. The van der Waals surface area contributed by atoms with Crippen molar-refractivity contribution in [1.82, 2.24) is 0 Å². The van der Waals surface area contributed by atoms with Gasteiger partial charge in [0.25, 0.3) is 0 Å². The molecule has 98 valence electrons. The number of hydrogen-bond acceptors (Lipinski definition) is 1. The van der Waals surface area contributed by atoms with Crippen LogP contribution in [0.15, 0.2) is 24.8 Å². The first-order valence-corrected chi connectivity index (χ1v) is 7.10. The Morgan fingerprint density at radius 1 is 1.00 bits per heavy atom. The van der Waals surface area contributed by atoms with Crippen molar-refractivity contribution in [2.24, 2.45) is 0 Å². The predicted molar refractivity (Wildman–Crippen MR) is 76.2 cm³/mol. The summed E-state index contributed by atoms with van der Waals surface area (Å²) in [5, 5.41) is 0. The first kappa shape index (κ1) is 16.1. The van der Waals surface area contributed by atoms with Crippen LogP contribution in [0.5, 0.6) is 0 Å². The number of carbonyl (C=O) groups excluding carboxylic acids is 1. The lowest BCUT2D eigenvalue weighted by Gasteiger charge is -2.00. The van der Waals surface area contributed by atoms with Gasteiger partial charge in [-0.25, -0.2) is 0 Å². The zero-order valence-electron chi connectivity index (χ0n) is 11.4. The zero-order valence-corrected chi connectivity index (χ0v) is 11.4. The van der Waals surface area contributed by atoms with Crippen LogP contribution in [-0.2, 0) is 4.79 Å². The Morgan fingerprint density at radius 3 is 2.18 bits per heavy atom. The molecule has 0 aromatic carbocycles. The molecule has 0 radical (unpaired) electrons. The van der Waals surface area contributed by atoms with Gasteiger partial charge in [-0.1, -0.05) is 63.8 Å². The van der Waals surface area contributed by atoms with E-state index in [1.165, 1.54) is 44.9 Å². The monoisotopic (exact) mass is 236 g/mol. The highest BCUT2D eigenvalue weighted by molar-refractivity contribution is 5.77. The van der Waals surface area contributed by atoms with E-state index in [1.54, 1.807) is 0 Å². The highest BCUT2D eigenvalue weighted by Crippen LogP contribution is 2.10. The summed E-state index contributed by atoms with van der Waals surface area (Å²) in [6.07, 6.45) is 17.6. The third-order valence-electron chi connectivity index (χ3n) is 2.99. The summed E-state index contributed by atoms with van der Waals surface area (Å²) in [5.74, 6) is 0.416. The molecule has 0 aliphatic heterocycles. The average Bonchev–Trinajstić information content (AvgIpc) is 2.35. The molecule has 0 unspecified atom stereocenters. The summed E-state index contributed by atoms with van der Waals surface area (Å²) in [6, 6.07) is 0. The lowest BCUT2D eigenvalue weighted by atomic mass is 10.1. The van der Waals surface area contributed by atoms with Crippen LogP contribution in [0.4, 0.5) is 0 Å². The van der Waals surface area contributed by atoms with Crippen LogP contribution in [0.1, 0.15) is 71.1 Å². The molecule has 0 bridgehead atoms. The smallest absolute Gasteiger partial charge is 0.132 e. The maximum Gasteiger partial charge on any atom is 0.132 e. The molecular formula is C16H28O. The van der Waals surface area contributed by atoms with Gasteiger partial charge in [0, 0.05) is 12.8 Å². The molecule has 0 aliphatic carbocycles. The van der Waals surface area contributed by atoms with Crippen molar-refractivity contribution in [3.63, 3.8) is 0 Å². The van der Waals surface area contributed by atoms with Crippen LogP contribution >= 0.6 is 0 Å². The van der Waals surface area contributed by atoms with Crippen LogP contribution < -0.4 is 0 Å². The van der Waals surface area contributed by atoms with Crippen molar-refractivity contribution >= 4 is 5.78 Å². The largest absolute Gasteiger partial charge is 0.300 e. The van der Waals surface area contributed by atoms with E-state index in [0.29, 0.717) is 12.2 Å². The van der Waals surface area contributed by atoms with Gasteiger partial charge in [-0.3, -0.25) is 4.79 Å². The molecular weight excluding hydrogens is 208 g/mol. The molecule has 0 amide bonds. The van der Waals surface area contributed by atoms with Crippen molar-refractivity contribution in [2.45, 2.75) is 71.1 Å². The van der Waals surface area contributed by atoms with Crippen LogP contribution in [-0.4, -0.2) is 5.78 Å². The number of Topliss-reactive ketones (excluding diaryl/α,β-unsaturated/α-hetero) is 1. The number of allylic oxidation sites excluding steroid dienone is 3. The molecule has 0 saturated heterocycles. The second-order valence-electron chi connectivity index (χ2n) is 4.57. The summed E-state index contributed by atoms with van der Waals surface area (Å²) in [7, 11) is 0. The van der Waals surface area contributed by atoms with Gasteiger partial charge < -0.3 is 0 Å². The number of rotatable bonds is 12. The van der Waals surface area contributed by atoms with Gasteiger partial charge in [0.05, 0.1) is 0 Å². The normalized spacial score (nSPS) is 10.9. The third-order valence-corrected chi connectivity index (χ3v) is 2.99. The summed E-state index contributed by atoms with van der Waals surface area (Å²) >= 11 is 0. The van der Waals surface area contributed by atoms with E-state index >= 15 is 0 Å². The predicted octanol–water partition coefficient (Wildman–Crippen LogP) is 5.22. The maximum absolute atomic E-state index is 11.1. The number of unbranched alkanes of at least 4 members (excludes halogenated alkanes) is 7. The molecule has 17 heavy (non-hydrogen) atoms. The molecule has 0 atom stereocenters.